The number of anilines is 1. The van der Waals surface area contributed by atoms with Crippen molar-refractivity contribution >= 4 is 5.69 Å². The Kier molecular flexibility index (Phi) is 5.45. The molecule has 1 atom stereocenters. The summed E-state index contributed by atoms with van der Waals surface area (Å²) in [5.74, 6) is 1.44. The van der Waals surface area contributed by atoms with Crippen LogP contribution in [0.1, 0.15) is 26.2 Å². The van der Waals surface area contributed by atoms with Gasteiger partial charge in [-0.05, 0) is 44.3 Å². The van der Waals surface area contributed by atoms with Crippen LogP contribution in [0.4, 0.5) is 5.69 Å². The minimum Gasteiger partial charge on any atom is -0.481 e. The van der Waals surface area contributed by atoms with Gasteiger partial charge >= 0.3 is 0 Å². The standard InChI is InChI=1S/C15H25N3O/c1-3-9-18(12-13-5-4-7-16-11-13)14-6-8-17-15(10-14)19-2/h6,8,10,13,16H,3-5,7,9,11-12H2,1-2H3. The molecule has 0 spiro atoms. The number of ether oxygens (including phenoxy) is 1. The predicted molar refractivity (Wildman–Crippen MR) is 78.9 cm³/mol. The third kappa shape index (κ3) is 4.10. The molecule has 0 aliphatic carbocycles. The number of hydrogen-bond donors (Lipinski definition) is 1. The monoisotopic (exact) mass is 263 g/mol. The average Bonchev–Trinajstić information content (AvgIpc) is 2.48. The maximum atomic E-state index is 5.22. The number of aromatic nitrogens is 1. The van der Waals surface area contributed by atoms with Crippen LogP contribution in [0.5, 0.6) is 5.88 Å². The van der Waals surface area contributed by atoms with Gasteiger partial charge in [0.05, 0.1) is 7.11 Å². The highest BCUT2D eigenvalue weighted by molar-refractivity contribution is 5.48. The summed E-state index contributed by atoms with van der Waals surface area (Å²) in [7, 11) is 1.67. The van der Waals surface area contributed by atoms with Gasteiger partial charge in [-0.1, -0.05) is 6.92 Å². The molecule has 106 valence electrons. The van der Waals surface area contributed by atoms with Crippen LogP contribution in [0.15, 0.2) is 18.3 Å². The van der Waals surface area contributed by atoms with E-state index in [9.17, 15) is 0 Å². The Morgan fingerprint density at radius 3 is 3.11 bits per heavy atom. The highest BCUT2D eigenvalue weighted by atomic mass is 16.5. The fourth-order valence-corrected chi connectivity index (χ4v) is 2.69. The molecule has 1 aromatic rings. The molecule has 1 aliphatic rings. The van der Waals surface area contributed by atoms with E-state index in [0.717, 1.165) is 32.0 Å². The Morgan fingerprint density at radius 2 is 2.42 bits per heavy atom. The zero-order chi connectivity index (χ0) is 13.5. The molecule has 0 radical (unpaired) electrons. The van der Waals surface area contributed by atoms with E-state index in [-0.39, 0.29) is 0 Å². The summed E-state index contributed by atoms with van der Waals surface area (Å²) in [5.41, 5.74) is 1.22. The predicted octanol–water partition coefficient (Wildman–Crippen LogP) is 2.31. The number of nitrogens with zero attached hydrogens (tertiary/aromatic N) is 2. The second-order valence-corrected chi connectivity index (χ2v) is 5.21. The lowest BCUT2D eigenvalue weighted by Crippen LogP contribution is -2.38. The molecule has 2 rings (SSSR count). The van der Waals surface area contributed by atoms with Crippen LogP contribution in [-0.4, -0.2) is 38.3 Å². The van der Waals surface area contributed by atoms with Crippen molar-refractivity contribution in [1.29, 1.82) is 0 Å². The summed E-state index contributed by atoms with van der Waals surface area (Å²) >= 11 is 0. The second kappa shape index (κ2) is 7.34. The largest absolute Gasteiger partial charge is 0.481 e. The Balaban J connectivity index is 2.04. The molecule has 2 heterocycles. The van der Waals surface area contributed by atoms with E-state index in [1.54, 1.807) is 7.11 Å². The lowest BCUT2D eigenvalue weighted by molar-refractivity contribution is 0.375. The van der Waals surface area contributed by atoms with Gasteiger partial charge in [-0.2, -0.15) is 0 Å². The van der Waals surface area contributed by atoms with Crippen molar-refractivity contribution in [2.45, 2.75) is 26.2 Å². The van der Waals surface area contributed by atoms with Crippen LogP contribution in [0.25, 0.3) is 0 Å². The van der Waals surface area contributed by atoms with E-state index in [0.29, 0.717) is 5.88 Å². The molecule has 1 saturated heterocycles. The Labute approximate surface area is 116 Å². The minimum atomic E-state index is 0.695. The van der Waals surface area contributed by atoms with Gasteiger partial charge in [0.1, 0.15) is 0 Å². The van der Waals surface area contributed by atoms with E-state index < -0.39 is 0 Å². The molecule has 1 aromatic heterocycles. The van der Waals surface area contributed by atoms with Crippen LogP contribution in [0.3, 0.4) is 0 Å². The van der Waals surface area contributed by atoms with Crippen LogP contribution in [0, 0.1) is 5.92 Å². The first-order valence-electron chi connectivity index (χ1n) is 7.29. The van der Waals surface area contributed by atoms with Gasteiger partial charge in [0.2, 0.25) is 5.88 Å². The molecule has 4 heteroatoms. The molecule has 0 amide bonds. The molecule has 1 fully saturated rings. The third-order valence-electron chi connectivity index (χ3n) is 3.66. The third-order valence-corrected chi connectivity index (χ3v) is 3.66. The summed E-state index contributed by atoms with van der Waals surface area (Å²) in [6, 6.07) is 4.11. The molecule has 19 heavy (non-hydrogen) atoms. The Bertz CT molecular complexity index is 377. The Morgan fingerprint density at radius 1 is 1.53 bits per heavy atom. The highest BCUT2D eigenvalue weighted by Crippen LogP contribution is 2.21. The molecular weight excluding hydrogens is 238 g/mol. The van der Waals surface area contributed by atoms with Crippen molar-refractivity contribution in [3.05, 3.63) is 18.3 Å². The molecule has 4 nitrogen and oxygen atoms in total. The first-order chi connectivity index (χ1) is 9.33. The van der Waals surface area contributed by atoms with Crippen LogP contribution >= 0.6 is 0 Å². The molecule has 1 unspecified atom stereocenters. The normalized spacial score (nSPS) is 19.2. The summed E-state index contributed by atoms with van der Waals surface area (Å²) in [6.45, 7) is 6.75. The summed E-state index contributed by atoms with van der Waals surface area (Å²) in [6.07, 6.45) is 5.61. The van der Waals surface area contributed by atoms with Crippen LogP contribution in [0.2, 0.25) is 0 Å². The highest BCUT2D eigenvalue weighted by Gasteiger charge is 2.17. The van der Waals surface area contributed by atoms with Gasteiger partial charge in [-0.15, -0.1) is 0 Å². The molecular formula is C15H25N3O. The van der Waals surface area contributed by atoms with E-state index in [4.69, 9.17) is 4.74 Å². The number of methoxy groups -OCH3 is 1. The van der Waals surface area contributed by atoms with E-state index in [2.05, 4.69) is 28.2 Å². The maximum absolute atomic E-state index is 5.22. The Hall–Kier alpha value is -1.29. The summed E-state index contributed by atoms with van der Waals surface area (Å²) < 4.78 is 5.22. The molecule has 0 bridgehead atoms. The quantitative estimate of drug-likeness (QED) is 0.854. The number of hydrogen-bond acceptors (Lipinski definition) is 4. The fourth-order valence-electron chi connectivity index (χ4n) is 2.69. The van der Waals surface area contributed by atoms with Gasteiger partial charge < -0.3 is 15.0 Å². The van der Waals surface area contributed by atoms with Crippen molar-refractivity contribution in [3.8, 4) is 5.88 Å². The van der Waals surface area contributed by atoms with Gasteiger partial charge in [0.25, 0.3) is 0 Å². The fraction of sp³-hybridized carbons (Fsp3) is 0.667. The second-order valence-electron chi connectivity index (χ2n) is 5.21. The average molecular weight is 263 g/mol. The topological polar surface area (TPSA) is 37.4 Å². The molecule has 0 aromatic carbocycles. The maximum Gasteiger partial charge on any atom is 0.214 e. The van der Waals surface area contributed by atoms with Gasteiger partial charge in [-0.25, -0.2) is 4.98 Å². The lowest BCUT2D eigenvalue weighted by atomic mass is 9.99. The van der Waals surface area contributed by atoms with Crippen molar-refractivity contribution in [3.63, 3.8) is 0 Å². The summed E-state index contributed by atoms with van der Waals surface area (Å²) in [4.78, 5) is 6.65. The number of rotatable bonds is 6. The van der Waals surface area contributed by atoms with Crippen molar-refractivity contribution in [2.75, 3.05) is 38.2 Å². The summed E-state index contributed by atoms with van der Waals surface area (Å²) in [5, 5.41) is 3.49. The molecule has 1 aliphatic heterocycles. The first kappa shape index (κ1) is 14.1. The van der Waals surface area contributed by atoms with Crippen molar-refractivity contribution in [2.24, 2.45) is 5.92 Å². The minimum absolute atomic E-state index is 0.695. The number of nitrogens with one attached hydrogen (secondary N) is 1. The zero-order valence-corrected chi connectivity index (χ0v) is 12.1. The van der Waals surface area contributed by atoms with Crippen molar-refractivity contribution < 1.29 is 4.74 Å². The van der Waals surface area contributed by atoms with Crippen LogP contribution in [-0.2, 0) is 0 Å². The van der Waals surface area contributed by atoms with Crippen molar-refractivity contribution in [1.82, 2.24) is 10.3 Å². The smallest absolute Gasteiger partial charge is 0.214 e. The van der Waals surface area contributed by atoms with Gasteiger partial charge in [0, 0.05) is 31.0 Å². The van der Waals surface area contributed by atoms with Gasteiger partial charge in [0.15, 0.2) is 0 Å². The molecule has 1 N–H and O–H groups in total. The number of pyridine rings is 1. The zero-order valence-electron chi connectivity index (χ0n) is 12.1. The van der Waals surface area contributed by atoms with E-state index >= 15 is 0 Å². The molecule has 0 saturated carbocycles. The van der Waals surface area contributed by atoms with Gasteiger partial charge in [-0.3, -0.25) is 0 Å². The van der Waals surface area contributed by atoms with Crippen LogP contribution < -0.4 is 15.0 Å². The number of piperidine rings is 1. The van der Waals surface area contributed by atoms with E-state index in [1.807, 2.05) is 12.3 Å². The SMILES string of the molecule is CCCN(CC1CCCNC1)c1ccnc(OC)c1. The first-order valence-corrected chi connectivity index (χ1v) is 7.29. The lowest BCUT2D eigenvalue weighted by Gasteiger charge is -2.31. The van der Waals surface area contributed by atoms with E-state index in [1.165, 1.54) is 25.1 Å².